The number of benzene rings is 1. The lowest BCUT2D eigenvalue weighted by Gasteiger charge is -2.10. The maximum Gasteiger partial charge on any atom is 0.284 e. The molecule has 0 fully saturated rings. The van der Waals surface area contributed by atoms with E-state index in [0.717, 1.165) is 12.0 Å². The molecule has 1 aromatic heterocycles. The Morgan fingerprint density at radius 1 is 1.29 bits per heavy atom. The van der Waals surface area contributed by atoms with Crippen molar-refractivity contribution in [3.63, 3.8) is 0 Å². The Hall–Kier alpha value is -2.41. The van der Waals surface area contributed by atoms with Gasteiger partial charge in [-0.15, -0.1) is 0 Å². The van der Waals surface area contributed by atoms with Gasteiger partial charge in [-0.25, -0.2) is 4.68 Å². The smallest absolute Gasteiger partial charge is 0.266 e. The SMILES string of the molecule is CCc1ccc(-c2cc(C#N)c(=O)n(CC(C)C)n2)cc1. The van der Waals surface area contributed by atoms with Crippen LogP contribution < -0.4 is 5.56 Å². The number of hydrogen-bond acceptors (Lipinski definition) is 3. The molecule has 1 heterocycles. The van der Waals surface area contributed by atoms with Crippen molar-refractivity contribution in [2.45, 2.75) is 33.7 Å². The lowest BCUT2D eigenvalue weighted by Crippen LogP contribution is -2.27. The van der Waals surface area contributed by atoms with Crippen LogP contribution in [0.25, 0.3) is 11.3 Å². The molecular formula is C17H19N3O. The summed E-state index contributed by atoms with van der Waals surface area (Å²) < 4.78 is 1.40. The Labute approximate surface area is 124 Å². The quantitative estimate of drug-likeness (QED) is 0.865. The van der Waals surface area contributed by atoms with E-state index < -0.39 is 0 Å². The lowest BCUT2D eigenvalue weighted by atomic mass is 10.1. The number of nitriles is 1. The predicted molar refractivity (Wildman–Crippen MR) is 82.9 cm³/mol. The maximum absolute atomic E-state index is 12.1. The van der Waals surface area contributed by atoms with Gasteiger partial charge in [0, 0.05) is 12.1 Å². The summed E-state index contributed by atoms with van der Waals surface area (Å²) in [4.78, 5) is 12.1. The molecule has 0 N–H and O–H groups in total. The summed E-state index contributed by atoms with van der Waals surface area (Å²) in [6.07, 6.45) is 0.976. The first kappa shape index (κ1) is 15.0. The second kappa shape index (κ2) is 6.36. The third-order valence-corrected chi connectivity index (χ3v) is 3.29. The molecule has 0 radical (unpaired) electrons. The fourth-order valence-corrected chi connectivity index (χ4v) is 2.14. The number of aryl methyl sites for hydroxylation is 1. The normalized spacial score (nSPS) is 10.6. The molecule has 108 valence electrons. The summed E-state index contributed by atoms with van der Waals surface area (Å²) in [6, 6.07) is 11.6. The summed E-state index contributed by atoms with van der Waals surface area (Å²) in [5.41, 5.74) is 2.64. The van der Waals surface area contributed by atoms with E-state index >= 15 is 0 Å². The van der Waals surface area contributed by atoms with Gasteiger partial charge < -0.3 is 0 Å². The highest BCUT2D eigenvalue weighted by Gasteiger charge is 2.10. The highest BCUT2D eigenvalue weighted by molar-refractivity contribution is 5.60. The largest absolute Gasteiger partial charge is 0.284 e. The molecule has 2 aromatic rings. The van der Waals surface area contributed by atoms with Crippen molar-refractivity contribution in [1.82, 2.24) is 9.78 Å². The fourth-order valence-electron chi connectivity index (χ4n) is 2.14. The first-order valence-electron chi connectivity index (χ1n) is 7.16. The second-order valence-electron chi connectivity index (χ2n) is 5.49. The standard InChI is InChI=1S/C17H19N3O/c1-4-13-5-7-14(8-6-13)16-9-15(10-18)17(21)20(19-16)11-12(2)3/h5-9,12H,4,11H2,1-3H3. The van der Waals surface area contributed by atoms with Crippen LogP contribution in [-0.2, 0) is 13.0 Å². The van der Waals surface area contributed by atoms with Crippen LogP contribution in [0.5, 0.6) is 0 Å². The molecule has 0 bridgehead atoms. The Balaban J connectivity index is 2.52. The van der Waals surface area contributed by atoms with E-state index in [4.69, 9.17) is 5.26 Å². The van der Waals surface area contributed by atoms with Gasteiger partial charge in [-0.2, -0.15) is 10.4 Å². The molecule has 1 aromatic carbocycles. The van der Waals surface area contributed by atoms with E-state index in [9.17, 15) is 4.79 Å². The predicted octanol–water partition coefficient (Wildman–Crippen LogP) is 3.00. The van der Waals surface area contributed by atoms with Crippen LogP contribution in [-0.4, -0.2) is 9.78 Å². The molecule has 0 saturated heterocycles. The highest BCUT2D eigenvalue weighted by atomic mass is 16.1. The van der Waals surface area contributed by atoms with Gasteiger partial charge in [-0.3, -0.25) is 4.79 Å². The summed E-state index contributed by atoms with van der Waals surface area (Å²) >= 11 is 0. The van der Waals surface area contributed by atoms with Crippen LogP contribution in [0.1, 0.15) is 31.9 Å². The van der Waals surface area contributed by atoms with Gasteiger partial charge in [-0.05, 0) is 24.0 Å². The molecule has 0 aliphatic heterocycles. The first-order chi connectivity index (χ1) is 10.0. The zero-order valence-corrected chi connectivity index (χ0v) is 12.6. The monoisotopic (exact) mass is 281 g/mol. The zero-order chi connectivity index (χ0) is 15.4. The summed E-state index contributed by atoms with van der Waals surface area (Å²) in [5, 5.41) is 13.5. The number of nitrogens with zero attached hydrogens (tertiary/aromatic N) is 3. The van der Waals surface area contributed by atoms with Crippen LogP contribution >= 0.6 is 0 Å². The van der Waals surface area contributed by atoms with Crippen molar-refractivity contribution in [2.75, 3.05) is 0 Å². The van der Waals surface area contributed by atoms with Crippen LogP contribution in [0.3, 0.4) is 0 Å². The number of aromatic nitrogens is 2. The van der Waals surface area contributed by atoms with Crippen molar-refractivity contribution in [3.05, 3.63) is 51.8 Å². The molecule has 4 heteroatoms. The molecule has 21 heavy (non-hydrogen) atoms. The van der Waals surface area contributed by atoms with Gasteiger partial charge in [0.15, 0.2) is 0 Å². The Kier molecular flexibility index (Phi) is 4.54. The van der Waals surface area contributed by atoms with E-state index in [2.05, 4.69) is 12.0 Å². The maximum atomic E-state index is 12.1. The number of rotatable bonds is 4. The van der Waals surface area contributed by atoms with Gasteiger partial charge in [0.2, 0.25) is 0 Å². The highest BCUT2D eigenvalue weighted by Crippen LogP contribution is 2.17. The molecule has 0 saturated carbocycles. The minimum Gasteiger partial charge on any atom is -0.266 e. The fraction of sp³-hybridized carbons (Fsp3) is 0.353. The zero-order valence-electron chi connectivity index (χ0n) is 12.6. The van der Waals surface area contributed by atoms with Crippen LogP contribution in [0.2, 0.25) is 0 Å². The summed E-state index contributed by atoms with van der Waals surface area (Å²) in [5.74, 6) is 0.291. The van der Waals surface area contributed by atoms with Crippen molar-refractivity contribution >= 4 is 0 Å². The van der Waals surface area contributed by atoms with Gasteiger partial charge >= 0.3 is 0 Å². The topological polar surface area (TPSA) is 58.7 Å². The Bertz CT molecular complexity index is 721. The molecule has 0 amide bonds. The van der Waals surface area contributed by atoms with E-state index in [-0.39, 0.29) is 11.1 Å². The van der Waals surface area contributed by atoms with E-state index in [0.29, 0.717) is 18.2 Å². The van der Waals surface area contributed by atoms with Gasteiger partial charge in [0.05, 0.1) is 5.69 Å². The van der Waals surface area contributed by atoms with Crippen LogP contribution in [0.15, 0.2) is 35.1 Å². The Morgan fingerprint density at radius 3 is 2.48 bits per heavy atom. The minimum absolute atomic E-state index is 0.139. The van der Waals surface area contributed by atoms with Crippen LogP contribution in [0.4, 0.5) is 0 Å². The molecular weight excluding hydrogens is 262 g/mol. The summed E-state index contributed by atoms with van der Waals surface area (Å²) in [7, 11) is 0. The average molecular weight is 281 g/mol. The van der Waals surface area contributed by atoms with Crippen molar-refractivity contribution in [2.24, 2.45) is 5.92 Å². The third-order valence-electron chi connectivity index (χ3n) is 3.29. The summed E-state index contributed by atoms with van der Waals surface area (Å²) in [6.45, 7) is 6.64. The van der Waals surface area contributed by atoms with Crippen molar-refractivity contribution in [1.29, 1.82) is 5.26 Å². The molecule has 4 nitrogen and oxygen atoms in total. The van der Waals surface area contributed by atoms with Crippen molar-refractivity contribution in [3.8, 4) is 17.3 Å². The van der Waals surface area contributed by atoms with E-state index in [1.165, 1.54) is 10.2 Å². The molecule has 0 atom stereocenters. The molecule has 2 rings (SSSR count). The first-order valence-corrected chi connectivity index (χ1v) is 7.16. The van der Waals surface area contributed by atoms with E-state index in [1.807, 2.05) is 44.2 Å². The van der Waals surface area contributed by atoms with Crippen molar-refractivity contribution < 1.29 is 0 Å². The van der Waals surface area contributed by atoms with Crippen LogP contribution in [0, 0.1) is 17.2 Å². The molecule has 0 spiro atoms. The molecule has 0 aliphatic carbocycles. The van der Waals surface area contributed by atoms with Gasteiger partial charge in [0.25, 0.3) is 5.56 Å². The lowest BCUT2D eigenvalue weighted by molar-refractivity contribution is 0.464. The molecule has 0 aliphatic rings. The minimum atomic E-state index is -0.319. The second-order valence-corrected chi connectivity index (χ2v) is 5.49. The third kappa shape index (κ3) is 3.38. The Morgan fingerprint density at radius 2 is 1.95 bits per heavy atom. The molecule has 0 unspecified atom stereocenters. The van der Waals surface area contributed by atoms with Gasteiger partial charge in [0.1, 0.15) is 11.6 Å². The number of hydrogen-bond donors (Lipinski definition) is 0. The van der Waals surface area contributed by atoms with Gasteiger partial charge in [-0.1, -0.05) is 45.0 Å². The van der Waals surface area contributed by atoms with E-state index in [1.54, 1.807) is 6.07 Å². The average Bonchev–Trinajstić information content (AvgIpc) is 2.49.